The molecule has 0 aromatic heterocycles. The maximum atomic E-state index is 3.52. The van der Waals surface area contributed by atoms with E-state index in [0.29, 0.717) is 12.0 Å². The summed E-state index contributed by atoms with van der Waals surface area (Å²) in [4.78, 5) is 0. The molecule has 1 aromatic carbocycles. The van der Waals surface area contributed by atoms with Gasteiger partial charge in [-0.2, -0.15) is 0 Å². The highest BCUT2D eigenvalue weighted by Crippen LogP contribution is 2.32. The fourth-order valence-electron chi connectivity index (χ4n) is 3.05. The zero-order valence-electron chi connectivity index (χ0n) is 11.2. The predicted octanol–water partition coefficient (Wildman–Crippen LogP) is 3.88. The quantitative estimate of drug-likeness (QED) is 0.778. The Morgan fingerprint density at radius 3 is 2.41 bits per heavy atom. The van der Waals surface area contributed by atoms with Gasteiger partial charge in [0.05, 0.1) is 0 Å². The largest absolute Gasteiger partial charge is 0.316 e. The molecular weight excluding hydrogens is 206 g/mol. The summed E-state index contributed by atoms with van der Waals surface area (Å²) in [6, 6.07) is 9.96. The molecule has 0 spiro atoms. The number of hydrogen-bond acceptors (Lipinski definition) is 1. The van der Waals surface area contributed by atoms with E-state index in [2.05, 4.69) is 43.6 Å². The molecule has 0 heterocycles. The van der Waals surface area contributed by atoms with Crippen molar-refractivity contribution in [2.75, 3.05) is 7.05 Å². The Kier molecular flexibility index (Phi) is 4.61. The Morgan fingerprint density at radius 2 is 1.76 bits per heavy atom. The van der Waals surface area contributed by atoms with Crippen LogP contribution in [0.3, 0.4) is 0 Å². The van der Waals surface area contributed by atoms with Crippen molar-refractivity contribution >= 4 is 0 Å². The first-order valence-corrected chi connectivity index (χ1v) is 7.11. The van der Waals surface area contributed by atoms with E-state index in [0.717, 1.165) is 6.42 Å². The minimum atomic E-state index is 0.671. The van der Waals surface area contributed by atoms with Crippen molar-refractivity contribution < 1.29 is 0 Å². The van der Waals surface area contributed by atoms with Gasteiger partial charge in [-0.25, -0.2) is 0 Å². The number of aryl methyl sites for hydroxylation is 1. The molecule has 1 N–H and O–H groups in total. The van der Waals surface area contributed by atoms with Gasteiger partial charge in [-0.3, -0.25) is 0 Å². The van der Waals surface area contributed by atoms with E-state index in [9.17, 15) is 0 Å². The van der Waals surface area contributed by atoms with E-state index in [-0.39, 0.29) is 0 Å². The van der Waals surface area contributed by atoms with Crippen LogP contribution in [-0.4, -0.2) is 13.1 Å². The number of hydrogen-bond donors (Lipinski definition) is 1. The van der Waals surface area contributed by atoms with E-state index in [1.165, 1.54) is 43.2 Å². The number of rotatable bonds is 3. The number of benzene rings is 1. The second-order valence-electron chi connectivity index (χ2n) is 5.23. The van der Waals surface area contributed by atoms with E-state index >= 15 is 0 Å². The standard InChI is InChI=1S/C16H25N/c1-3-13-9-11-14(12-10-13)15-7-5-4-6-8-16(15)17-2/h9-12,15-17H,3-8H2,1-2H3. The molecular formula is C16H25N. The Hall–Kier alpha value is -0.820. The first kappa shape index (κ1) is 12.6. The molecule has 0 amide bonds. The molecule has 1 nitrogen and oxygen atoms in total. The van der Waals surface area contributed by atoms with Crippen LogP contribution < -0.4 is 5.32 Å². The van der Waals surface area contributed by atoms with Crippen molar-refractivity contribution in [2.24, 2.45) is 0 Å². The maximum Gasteiger partial charge on any atom is 0.0133 e. The van der Waals surface area contributed by atoms with Gasteiger partial charge >= 0.3 is 0 Å². The van der Waals surface area contributed by atoms with Crippen molar-refractivity contribution in [1.82, 2.24) is 5.32 Å². The van der Waals surface area contributed by atoms with Gasteiger partial charge in [0, 0.05) is 6.04 Å². The molecule has 1 fully saturated rings. The van der Waals surface area contributed by atoms with Crippen LogP contribution in [0.25, 0.3) is 0 Å². The topological polar surface area (TPSA) is 12.0 Å². The average Bonchev–Trinajstić information content (AvgIpc) is 2.64. The van der Waals surface area contributed by atoms with Gasteiger partial charge in [0.1, 0.15) is 0 Å². The normalized spacial score (nSPS) is 25.5. The molecule has 17 heavy (non-hydrogen) atoms. The molecule has 0 aliphatic heterocycles. The third-order valence-electron chi connectivity index (χ3n) is 4.20. The lowest BCUT2D eigenvalue weighted by Crippen LogP contribution is -2.31. The zero-order chi connectivity index (χ0) is 12.1. The molecule has 1 aliphatic carbocycles. The third-order valence-corrected chi connectivity index (χ3v) is 4.20. The van der Waals surface area contributed by atoms with Crippen LogP contribution in [0.4, 0.5) is 0 Å². The van der Waals surface area contributed by atoms with Crippen LogP contribution in [0, 0.1) is 0 Å². The van der Waals surface area contributed by atoms with Gasteiger partial charge in [0.25, 0.3) is 0 Å². The summed E-state index contributed by atoms with van der Waals surface area (Å²) in [6.45, 7) is 2.22. The summed E-state index contributed by atoms with van der Waals surface area (Å²) in [7, 11) is 2.11. The lowest BCUT2D eigenvalue weighted by molar-refractivity contribution is 0.439. The van der Waals surface area contributed by atoms with Crippen molar-refractivity contribution in [3.05, 3.63) is 35.4 Å². The van der Waals surface area contributed by atoms with E-state index in [4.69, 9.17) is 0 Å². The van der Waals surface area contributed by atoms with Crippen LogP contribution in [0.5, 0.6) is 0 Å². The minimum Gasteiger partial charge on any atom is -0.316 e. The van der Waals surface area contributed by atoms with Crippen LogP contribution in [0.2, 0.25) is 0 Å². The highest BCUT2D eigenvalue weighted by Gasteiger charge is 2.23. The molecule has 0 radical (unpaired) electrons. The number of nitrogens with one attached hydrogen (secondary N) is 1. The zero-order valence-corrected chi connectivity index (χ0v) is 11.2. The number of likely N-dealkylation sites (N-methyl/N-ethyl adjacent to an activating group) is 1. The molecule has 1 aliphatic rings. The van der Waals surface area contributed by atoms with Crippen molar-refractivity contribution in [1.29, 1.82) is 0 Å². The highest BCUT2D eigenvalue weighted by molar-refractivity contribution is 5.26. The molecule has 2 atom stereocenters. The summed E-state index contributed by atoms with van der Waals surface area (Å²) in [5, 5.41) is 3.52. The van der Waals surface area contributed by atoms with Gasteiger partial charge in [-0.05, 0) is 43.4 Å². The molecule has 1 aromatic rings. The molecule has 1 saturated carbocycles. The predicted molar refractivity (Wildman–Crippen MR) is 74.5 cm³/mol. The highest BCUT2D eigenvalue weighted by atomic mass is 14.9. The van der Waals surface area contributed by atoms with E-state index in [1.54, 1.807) is 0 Å². The second-order valence-corrected chi connectivity index (χ2v) is 5.23. The summed E-state index contributed by atoms with van der Waals surface area (Å²) >= 11 is 0. The Morgan fingerprint density at radius 1 is 1.06 bits per heavy atom. The molecule has 2 rings (SSSR count). The first-order valence-electron chi connectivity index (χ1n) is 7.11. The smallest absolute Gasteiger partial charge is 0.0133 e. The maximum absolute atomic E-state index is 3.52. The molecule has 0 saturated heterocycles. The third kappa shape index (κ3) is 3.10. The molecule has 2 unspecified atom stereocenters. The van der Waals surface area contributed by atoms with E-state index in [1.807, 2.05) is 0 Å². The van der Waals surface area contributed by atoms with E-state index < -0.39 is 0 Å². The Labute approximate surface area is 106 Å². The Balaban J connectivity index is 2.16. The van der Waals surface area contributed by atoms with Gasteiger partial charge in [0.2, 0.25) is 0 Å². The van der Waals surface area contributed by atoms with Crippen molar-refractivity contribution in [2.45, 2.75) is 57.4 Å². The summed E-state index contributed by atoms with van der Waals surface area (Å²) in [5.41, 5.74) is 2.98. The Bertz CT molecular complexity index is 328. The monoisotopic (exact) mass is 231 g/mol. The first-order chi connectivity index (χ1) is 8.35. The lowest BCUT2D eigenvalue weighted by atomic mass is 9.87. The average molecular weight is 231 g/mol. The summed E-state index contributed by atoms with van der Waals surface area (Å²) in [5.74, 6) is 0.716. The van der Waals surface area contributed by atoms with Crippen molar-refractivity contribution in [3.63, 3.8) is 0 Å². The molecule has 1 heteroatoms. The lowest BCUT2D eigenvalue weighted by Gasteiger charge is -2.25. The SMILES string of the molecule is CCc1ccc(C2CCCCCC2NC)cc1. The molecule has 0 bridgehead atoms. The van der Waals surface area contributed by atoms with Gasteiger partial charge in [-0.1, -0.05) is 50.5 Å². The van der Waals surface area contributed by atoms with Crippen molar-refractivity contribution in [3.8, 4) is 0 Å². The van der Waals surface area contributed by atoms with Crippen LogP contribution in [0.1, 0.15) is 56.1 Å². The fraction of sp³-hybridized carbons (Fsp3) is 0.625. The minimum absolute atomic E-state index is 0.671. The van der Waals surface area contributed by atoms with Gasteiger partial charge in [-0.15, -0.1) is 0 Å². The molecule has 94 valence electrons. The second kappa shape index (κ2) is 6.20. The van der Waals surface area contributed by atoms with Crippen LogP contribution in [0.15, 0.2) is 24.3 Å². The van der Waals surface area contributed by atoms with Crippen LogP contribution >= 0.6 is 0 Å². The van der Waals surface area contributed by atoms with Gasteiger partial charge in [0.15, 0.2) is 0 Å². The summed E-state index contributed by atoms with van der Waals surface area (Å²) < 4.78 is 0. The van der Waals surface area contributed by atoms with Gasteiger partial charge < -0.3 is 5.32 Å². The van der Waals surface area contributed by atoms with Crippen LogP contribution in [-0.2, 0) is 6.42 Å². The fourth-order valence-corrected chi connectivity index (χ4v) is 3.05. The summed E-state index contributed by atoms with van der Waals surface area (Å²) in [6.07, 6.45) is 7.99.